The Hall–Kier alpha value is -0.0800. The molecule has 2 aliphatic heterocycles. The third kappa shape index (κ3) is 2.02. The summed E-state index contributed by atoms with van der Waals surface area (Å²) in [6, 6.07) is 2.44. The maximum Gasteiger partial charge on any atom is 0.0937 e. The Morgan fingerprint density at radius 3 is 2.50 bits per heavy atom. The van der Waals surface area contributed by atoms with Crippen molar-refractivity contribution < 1.29 is 4.48 Å². The molecule has 2 heterocycles. The fraction of sp³-hybridized carbons (Fsp3) is 1.00. The van der Waals surface area contributed by atoms with Crippen molar-refractivity contribution in [1.82, 2.24) is 5.32 Å². The van der Waals surface area contributed by atoms with Crippen molar-refractivity contribution in [1.29, 1.82) is 0 Å². The summed E-state index contributed by atoms with van der Waals surface area (Å²) in [5, 5.41) is 3.65. The molecule has 2 rings (SSSR count). The summed E-state index contributed by atoms with van der Waals surface area (Å²) in [6.45, 7) is 13.5. The van der Waals surface area contributed by atoms with Crippen molar-refractivity contribution in [3.63, 3.8) is 0 Å². The lowest BCUT2D eigenvalue weighted by molar-refractivity contribution is -0.948. The van der Waals surface area contributed by atoms with Gasteiger partial charge in [-0.25, -0.2) is 0 Å². The monoisotopic (exact) mass is 225 g/mol. The number of nitrogens with zero attached hydrogens (tertiary/aromatic N) is 1. The van der Waals surface area contributed by atoms with Crippen LogP contribution in [0, 0.1) is 5.92 Å². The van der Waals surface area contributed by atoms with Gasteiger partial charge in [0.15, 0.2) is 0 Å². The first-order valence-electron chi connectivity index (χ1n) is 7.16. The molecule has 0 bridgehead atoms. The quantitative estimate of drug-likeness (QED) is 0.725. The molecule has 1 N–H and O–H groups in total. The van der Waals surface area contributed by atoms with Gasteiger partial charge in [-0.15, -0.1) is 0 Å². The van der Waals surface area contributed by atoms with Gasteiger partial charge in [0.2, 0.25) is 0 Å². The van der Waals surface area contributed by atoms with Crippen molar-refractivity contribution >= 4 is 0 Å². The predicted octanol–water partition coefficient (Wildman–Crippen LogP) is 2.39. The molecular formula is C14H29N2+. The molecule has 2 heteroatoms. The van der Waals surface area contributed by atoms with E-state index in [1.165, 1.54) is 43.4 Å². The molecule has 0 saturated carbocycles. The van der Waals surface area contributed by atoms with Crippen molar-refractivity contribution in [2.24, 2.45) is 5.92 Å². The second kappa shape index (κ2) is 4.66. The van der Waals surface area contributed by atoms with Gasteiger partial charge < -0.3 is 9.80 Å². The van der Waals surface area contributed by atoms with Gasteiger partial charge in [-0.3, -0.25) is 0 Å². The Labute approximate surface area is 101 Å². The molecule has 94 valence electrons. The fourth-order valence-corrected chi connectivity index (χ4v) is 4.07. The number of quaternary nitrogens is 1. The van der Waals surface area contributed by atoms with E-state index in [2.05, 4.69) is 33.0 Å². The van der Waals surface area contributed by atoms with Crippen LogP contribution in [0.2, 0.25) is 0 Å². The maximum atomic E-state index is 3.65. The summed E-state index contributed by atoms with van der Waals surface area (Å²) < 4.78 is 1.43. The first kappa shape index (κ1) is 12.4. The van der Waals surface area contributed by atoms with E-state index >= 15 is 0 Å². The van der Waals surface area contributed by atoms with Crippen LogP contribution in [0.4, 0.5) is 0 Å². The summed E-state index contributed by atoms with van der Waals surface area (Å²) >= 11 is 0. The topological polar surface area (TPSA) is 12.0 Å². The lowest BCUT2D eigenvalue weighted by Crippen LogP contribution is -2.54. The van der Waals surface area contributed by atoms with E-state index in [0.717, 1.165) is 18.0 Å². The third-order valence-electron chi connectivity index (χ3n) is 5.01. The molecule has 0 aromatic carbocycles. The van der Waals surface area contributed by atoms with E-state index in [1.54, 1.807) is 0 Å². The van der Waals surface area contributed by atoms with Gasteiger partial charge in [0.25, 0.3) is 0 Å². The van der Waals surface area contributed by atoms with Crippen LogP contribution in [-0.4, -0.2) is 42.2 Å². The highest BCUT2D eigenvalue weighted by molar-refractivity contribution is 4.85. The standard InChI is InChI=1S/C14H29N2/c1-11(2)15-10-13-7-9-16(12(3)4)8-5-6-14(13)16/h11-15H,5-10H2,1-4H3/q+1. The molecule has 2 saturated heterocycles. The minimum atomic E-state index is 0.642. The molecule has 0 spiro atoms. The zero-order chi connectivity index (χ0) is 11.8. The van der Waals surface area contributed by atoms with E-state index in [1.807, 2.05) is 0 Å². The predicted molar refractivity (Wildman–Crippen MR) is 69.4 cm³/mol. The third-order valence-corrected chi connectivity index (χ3v) is 5.01. The fourth-order valence-electron chi connectivity index (χ4n) is 4.07. The molecule has 2 fully saturated rings. The summed E-state index contributed by atoms with van der Waals surface area (Å²) in [5.74, 6) is 0.937. The lowest BCUT2D eigenvalue weighted by atomic mass is 9.97. The smallest absolute Gasteiger partial charge is 0.0937 e. The second-order valence-electron chi connectivity index (χ2n) is 6.47. The molecule has 16 heavy (non-hydrogen) atoms. The highest BCUT2D eigenvalue weighted by Gasteiger charge is 2.52. The first-order valence-corrected chi connectivity index (χ1v) is 7.16. The average Bonchev–Trinajstić information content (AvgIpc) is 2.73. The van der Waals surface area contributed by atoms with Crippen molar-refractivity contribution in [2.75, 3.05) is 19.6 Å². The molecule has 3 unspecified atom stereocenters. The molecule has 0 aliphatic carbocycles. The van der Waals surface area contributed by atoms with E-state index < -0.39 is 0 Å². The molecule has 3 atom stereocenters. The molecule has 0 aromatic heterocycles. The summed E-state index contributed by atoms with van der Waals surface area (Å²) in [7, 11) is 0. The summed E-state index contributed by atoms with van der Waals surface area (Å²) in [4.78, 5) is 0. The Kier molecular flexibility index (Phi) is 3.60. The summed E-state index contributed by atoms with van der Waals surface area (Å²) in [5.41, 5.74) is 0. The molecule has 0 amide bonds. The van der Waals surface area contributed by atoms with E-state index in [4.69, 9.17) is 0 Å². The Morgan fingerprint density at radius 1 is 1.12 bits per heavy atom. The molecule has 0 radical (unpaired) electrons. The number of fused-ring (bicyclic) bond motifs is 1. The number of hydrogen-bond donors (Lipinski definition) is 1. The Morgan fingerprint density at radius 2 is 1.88 bits per heavy atom. The number of nitrogens with one attached hydrogen (secondary N) is 1. The van der Waals surface area contributed by atoms with E-state index in [0.29, 0.717) is 6.04 Å². The average molecular weight is 225 g/mol. The number of rotatable bonds is 4. The van der Waals surface area contributed by atoms with Crippen molar-refractivity contribution in [3.8, 4) is 0 Å². The number of hydrogen-bond acceptors (Lipinski definition) is 1. The van der Waals surface area contributed by atoms with Gasteiger partial charge in [0.05, 0.1) is 25.2 Å². The van der Waals surface area contributed by atoms with Crippen LogP contribution in [-0.2, 0) is 0 Å². The van der Waals surface area contributed by atoms with Crippen LogP contribution in [0.5, 0.6) is 0 Å². The molecule has 2 nitrogen and oxygen atoms in total. The SMILES string of the molecule is CC(C)NCC1CC[N+]2(C(C)C)CCCC12. The molecule has 0 aromatic rings. The summed E-state index contributed by atoms with van der Waals surface area (Å²) in [6.07, 6.45) is 4.38. The molecular weight excluding hydrogens is 196 g/mol. The van der Waals surface area contributed by atoms with Gasteiger partial charge in [0, 0.05) is 37.8 Å². The van der Waals surface area contributed by atoms with Crippen LogP contribution in [0.1, 0.15) is 47.0 Å². The van der Waals surface area contributed by atoms with Crippen LogP contribution in [0.15, 0.2) is 0 Å². The highest BCUT2D eigenvalue weighted by Crippen LogP contribution is 2.42. The van der Waals surface area contributed by atoms with Crippen LogP contribution < -0.4 is 5.32 Å². The van der Waals surface area contributed by atoms with E-state index in [-0.39, 0.29) is 0 Å². The van der Waals surface area contributed by atoms with E-state index in [9.17, 15) is 0 Å². The largest absolute Gasteiger partial charge is 0.319 e. The van der Waals surface area contributed by atoms with Crippen LogP contribution in [0.25, 0.3) is 0 Å². The van der Waals surface area contributed by atoms with Gasteiger partial charge in [-0.05, 0) is 13.8 Å². The maximum absolute atomic E-state index is 3.65. The zero-order valence-corrected chi connectivity index (χ0v) is 11.5. The van der Waals surface area contributed by atoms with Crippen LogP contribution in [0.3, 0.4) is 0 Å². The second-order valence-corrected chi connectivity index (χ2v) is 6.47. The highest BCUT2D eigenvalue weighted by atomic mass is 15.4. The normalized spacial score (nSPS) is 38.6. The Bertz CT molecular complexity index is 237. The van der Waals surface area contributed by atoms with Gasteiger partial charge >= 0.3 is 0 Å². The first-order chi connectivity index (χ1) is 7.56. The molecule has 2 aliphatic rings. The van der Waals surface area contributed by atoms with Gasteiger partial charge in [0.1, 0.15) is 0 Å². The zero-order valence-electron chi connectivity index (χ0n) is 11.5. The minimum Gasteiger partial charge on any atom is -0.319 e. The van der Waals surface area contributed by atoms with Crippen LogP contribution >= 0.6 is 0 Å². The van der Waals surface area contributed by atoms with Crippen molar-refractivity contribution in [2.45, 2.75) is 65.1 Å². The minimum absolute atomic E-state index is 0.642. The Balaban J connectivity index is 1.99. The lowest BCUT2D eigenvalue weighted by Gasteiger charge is -2.40. The van der Waals surface area contributed by atoms with Gasteiger partial charge in [-0.1, -0.05) is 13.8 Å². The van der Waals surface area contributed by atoms with Gasteiger partial charge in [-0.2, -0.15) is 0 Å². The van der Waals surface area contributed by atoms with Crippen molar-refractivity contribution in [3.05, 3.63) is 0 Å².